The summed E-state index contributed by atoms with van der Waals surface area (Å²) >= 11 is 0. The highest BCUT2D eigenvalue weighted by atomic mass is 16.6. The zero-order chi connectivity index (χ0) is 15.5. The number of carboxylic acids is 1. The molecule has 0 saturated heterocycles. The van der Waals surface area contributed by atoms with Crippen LogP contribution in [0.5, 0.6) is 0 Å². The van der Waals surface area contributed by atoms with Crippen molar-refractivity contribution in [2.45, 2.75) is 46.3 Å². The monoisotopic (exact) mass is 284 g/mol. The maximum Gasteiger partial charge on any atom is 0.408 e. The summed E-state index contributed by atoms with van der Waals surface area (Å²) in [6, 6.07) is -0.602. The van der Waals surface area contributed by atoms with Crippen LogP contribution in [0, 0.1) is 5.92 Å². The standard InChI is InChI=1S/C13H20N2O5/c1-7(2)9(14-12(18)20-13(3,4)5)10-8(11(16)17)6-19-15-10/h6-7,9H,1-5H3,(H,14,18)(H,16,17)/t9-/m0/s1. The molecular formula is C13H20N2O5. The Morgan fingerprint density at radius 3 is 2.45 bits per heavy atom. The van der Waals surface area contributed by atoms with E-state index in [1.54, 1.807) is 20.8 Å². The second kappa shape index (κ2) is 5.94. The maximum atomic E-state index is 11.8. The molecule has 0 fully saturated rings. The number of aromatic carboxylic acids is 1. The first-order valence-electron chi connectivity index (χ1n) is 6.29. The number of rotatable bonds is 4. The highest BCUT2D eigenvalue weighted by Crippen LogP contribution is 2.24. The van der Waals surface area contributed by atoms with Crippen LogP contribution in [-0.4, -0.2) is 27.9 Å². The van der Waals surface area contributed by atoms with Gasteiger partial charge in [-0.05, 0) is 26.7 Å². The van der Waals surface area contributed by atoms with Crippen molar-refractivity contribution in [2.75, 3.05) is 0 Å². The third kappa shape index (κ3) is 4.25. The molecule has 112 valence electrons. The fourth-order valence-corrected chi connectivity index (χ4v) is 1.61. The molecule has 0 radical (unpaired) electrons. The van der Waals surface area contributed by atoms with Gasteiger partial charge in [0, 0.05) is 0 Å². The van der Waals surface area contributed by atoms with Gasteiger partial charge in [-0.25, -0.2) is 9.59 Å². The Hall–Kier alpha value is -2.05. The van der Waals surface area contributed by atoms with Gasteiger partial charge in [-0.2, -0.15) is 0 Å². The first-order valence-corrected chi connectivity index (χ1v) is 6.29. The van der Waals surface area contributed by atoms with Crippen LogP contribution in [0.1, 0.15) is 56.7 Å². The van der Waals surface area contributed by atoms with Crippen molar-refractivity contribution in [1.82, 2.24) is 10.5 Å². The van der Waals surface area contributed by atoms with Crippen molar-refractivity contribution in [3.05, 3.63) is 17.5 Å². The molecule has 0 aliphatic rings. The van der Waals surface area contributed by atoms with Crippen molar-refractivity contribution < 1.29 is 24.0 Å². The molecule has 0 aliphatic heterocycles. The van der Waals surface area contributed by atoms with Gasteiger partial charge >= 0.3 is 12.1 Å². The van der Waals surface area contributed by atoms with Crippen LogP contribution < -0.4 is 5.32 Å². The molecule has 0 unspecified atom stereocenters. The molecule has 1 heterocycles. The molecule has 1 rings (SSSR count). The minimum atomic E-state index is -1.15. The maximum absolute atomic E-state index is 11.8. The highest BCUT2D eigenvalue weighted by molar-refractivity contribution is 5.88. The zero-order valence-electron chi connectivity index (χ0n) is 12.3. The van der Waals surface area contributed by atoms with E-state index in [4.69, 9.17) is 14.4 Å². The molecule has 20 heavy (non-hydrogen) atoms. The lowest BCUT2D eigenvalue weighted by molar-refractivity contribution is 0.0483. The summed E-state index contributed by atoms with van der Waals surface area (Å²) in [5.41, 5.74) is -0.524. The molecule has 1 atom stereocenters. The lowest BCUT2D eigenvalue weighted by atomic mass is 9.98. The van der Waals surface area contributed by atoms with E-state index >= 15 is 0 Å². The second-order valence-corrected chi connectivity index (χ2v) is 5.79. The molecule has 1 aromatic rings. The average molecular weight is 284 g/mol. The highest BCUT2D eigenvalue weighted by Gasteiger charge is 2.29. The summed E-state index contributed by atoms with van der Waals surface area (Å²) in [5.74, 6) is -1.23. The molecule has 0 aromatic carbocycles. The van der Waals surface area contributed by atoms with Crippen molar-refractivity contribution in [3.8, 4) is 0 Å². The predicted molar refractivity (Wildman–Crippen MR) is 70.4 cm³/mol. The molecule has 1 aromatic heterocycles. The number of hydrogen-bond acceptors (Lipinski definition) is 5. The van der Waals surface area contributed by atoms with Crippen LogP contribution in [-0.2, 0) is 4.74 Å². The van der Waals surface area contributed by atoms with Gasteiger partial charge in [0.1, 0.15) is 23.1 Å². The number of amides is 1. The van der Waals surface area contributed by atoms with Gasteiger partial charge < -0.3 is 19.7 Å². The average Bonchev–Trinajstić information content (AvgIpc) is 2.71. The Morgan fingerprint density at radius 2 is 2.00 bits per heavy atom. The van der Waals surface area contributed by atoms with E-state index in [0.717, 1.165) is 6.26 Å². The van der Waals surface area contributed by atoms with Crippen LogP contribution in [0.2, 0.25) is 0 Å². The largest absolute Gasteiger partial charge is 0.478 e. The van der Waals surface area contributed by atoms with Gasteiger partial charge in [-0.15, -0.1) is 0 Å². The fraction of sp³-hybridized carbons (Fsp3) is 0.615. The number of alkyl carbamates (subject to hydrolysis) is 1. The summed E-state index contributed by atoms with van der Waals surface area (Å²) in [6.45, 7) is 8.91. The Balaban J connectivity index is 2.93. The van der Waals surface area contributed by atoms with Gasteiger partial charge in [0.2, 0.25) is 0 Å². The molecule has 0 spiro atoms. The molecule has 7 nitrogen and oxygen atoms in total. The second-order valence-electron chi connectivity index (χ2n) is 5.79. The van der Waals surface area contributed by atoms with Crippen LogP contribution in [0.25, 0.3) is 0 Å². The van der Waals surface area contributed by atoms with Crippen LogP contribution in [0.15, 0.2) is 10.8 Å². The van der Waals surface area contributed by atoms with Gasteiger partial charge in [0.05, 0.1) is 6.04 Å². The molecular weight excluding hydrogens is 264 g/mol. The van der Waals surface area contributed by atoms with Crippen LogP contribution in [0.4, 0.5) is 4.79 Å². The summed E-state index contributed by atoms with van der Waals surface area (Å²) in [5, 5.41) is 15.4. The Morgan fingerprint density at radius 1 is 1.40 bits per heavy atom. The molecule has 7 heteroatoms. The summed E-state index contributed by atoms with van der Waals surface area (Å²) in [4.78, 5) is 22.9. The third-order valence-corrected chi connectivity index (χ3v) is 2.46. The minimum Gasteiger partial charge on any atom is -0.478 e. The number of ether oxygens (including phenoxy) is 1. The van der Waals surface area contributed by atoms with Crippen molar-refractivity contribution in [3.63, 3.8) is 0 Å². The molecule has 0 saturated carbocycles. The summed E-state index contributed by atoms with van der Waals surface area (Å²) in [7, 11) is 0. The Labute approximate surface area is 117 Å². The van der Waals surface area contributed by atoms with E-state index in [2.05, 4.69) is 10.5 Å². The van der Waals surface area contributed by atoms with E-state index in [1.165, 1.54) is 0 Å². The Bertz CT molecular complexity index is 487. The van der Waals surface area contributed by atoms with Crippen LogP contribution >= 0.6 is 0 Å². The summed E-state index contributed by atoms with van der Waals surface area (Å²) in [6.07, 6.45) is 0.416. The lowest BCUT2D eigenvalue weighted by Gasteiger charge is -2.24. The number of carbonyl (C=O) groups is 2. The quantitative estimate of drug-likeness (QED) is 0.881. The van der Waals surface area contributed by atoms with Gasteiger partial charge in [0.15, 0.2) is 0 Å². The van der Waals surface area contributed by atoms with E-state index < -0.39 is 23.7 Å². The molecule has 0 bridgehead atoms. The summed E-state index contributed by atoms with van der Waals surface area (Å²) < 4.78 is 9.86. The van der Waals surface area contributed by atoms with Crippen LogP contribution in [0.3, 0.4) is 0 Å². The van der Waals surface area contributed by atoms with Gasteiger partial charge in [-0.1, -0.05) is 19.0 Å². The first-order chi connectivity index (χ1) is 9.11. The number of nitrogens with one attached hydrogen (secondary N) is 1. The number of nitrogens with zero attached hydrogens (tertiary/aromatic N) is 1. The molecule has 2 N–H and O–H groups in total. The van der Waals surface area contributed by atoms with E-state index in [9.17, 15) is 9.59 Å². The SMILES string of the molecule is CC(C)[C@H](NC(=O)OC(C)(C)C)c1nocc1C(=O)O. The number of aromatic nitrogens is 1. The lowest BCUT2D eigenvalue weighted by Crippen LogP contribution is -2.37. The topological polar surface area (TPSA) is 102 Å². The zero-order valence-corrected chi connectivity index (χ0v) is 12.3. The number of hydrogen-bond donors (Lipinski definition) is 2. The smallest absolute Gasteiger partial charge is 0.408 e. The van der Waals surface area contributed by atoms with Crippen molar-refractivity contribution >= 4 is 12.1 Å². The minimum absolute atomic E-state index is 0.0697. The van der Waals surface area contributed by atoms with Crippen molar-refractivity contribution in [2.24, 2.45) is 5.92 Å². The third-order valence-electron chi connectivity index (χ3n) is 2.46. The number of carbonyl (C=O) groups excluding carboxylic acids is 1. The van der Waals surface area contributed by atoms with Crippen molar-refractivity contribution in [1.29, 1.82) is 0 Å². The fourth-order valence-electron chi connectivity index (χ4n) is 1.61. The molecule has 1 amide bonds. The van der Waals surface area contributed by atoms with E-state index in [0.29, 0.717) is 0 Å². The Kier molecular flexibility index (Phi) is 4.75. The normalized spacial score (nSPS) is 13.1. The van der Waals surface area contributed by atoms with E-state index in [1.807, 2.05) is 13.8 Å². The first kappa shape index (κ1) is 16.0. The molecule has 0 aliphatic carbocycles. The van der Waals surface area contributed by atoms with Gasteiger partial charge in [0.25, 0.3) is 0 Å². The van der Waals surface area contributed by atoms with Gasteiger partial charge in [-0.3, -0.25) is 0 Å². The van der Waals surface area contributed by atoms with E-state index in [-0.39, 0.29) is 17.2 Å². The number of carboxylic acid groups (broad SMARTS) is 1. The predicted octanol–water partition coefficient (Wildman–Crippen LogP) is 2.59.